The third kappa shape index (κ3) is 4.29. The first-order valence-electron chi connectivity index (χ1n) is 5.88. The molecule has 6 heteroatoms. The Kier molecular flexibility index (Phi) is 6.07. The van der Waals surface area contributed by atoms with E-state index in [1.807, 2.05) is 0 Å². The number of nitrogens with one attached hydrogen (secondary N) is 1. The molecule has 0 aliphatic heterocycles. The van der Waals surface area contributed by atoms with Gasteiger partial charge in [-0.05, 0) is 18.6 Å². The molecule has 0 spiro atoms. The lowest BCUT2D eigenvalue weighted by molar-refractivity contribution is 0.0593. The molecule has 18 heavy (non-hydrogen) atoms. The summed E-state index contributed by atoms with van der Waals surface area (Å²) in [7, 11) is 2.97. The van der Waals surface area contributed by atoms with Crippen molar-refractivity contribution in [2.75, 3.05) is 26.1 Å². The van der Waals surface area contributed by atoms with E-state index in [1.165, 1.54) is 7.11 Å². The zero-order valence-corrected chi connectivity index (χ0v) is 11.0. The molecule has 0 bridgehead atoms. The molecule has 1 heterocycles. The molecule has 1 aromatic rings. The topological polar surface area (TPSA) is 73.3 Å². The van der Waals surface area contributed by atoms with Gasteiger partial charge in [0.1, 0.15) is 5.82 Å². The van der Waals surface area contributed by atoms with Gasteiger partial charge in [0.15, 0.2) is 5.69 Å². The molecule has 1 N–H and O–H groups in total. The van der Waals surface area contributed by atoms with Crippen molar-refractivity contribution in [2.45, 2.75) is 25.8 Å². The fourth-order valence-corrected chi connectivity index (χ4v) is 1.58. The van der Waals surface area contributed by atoms with Crippen molar-refractivity contribution in [1.29, 1.82) is 0 Å². The average Bonchev–Trinajstić information content (AvgIpc) is 2.39. The highest BCUT2D eigenvalue weighted by molar-refractivity contribution is 5.86. The standard InChI is InChI=1S/C12H19N3O3/c1-4-5-9(8-17-2)13-11-7-6-10(14-15-11)12(16)18-3/h6-7,9H,4-5,8H2,1-3H3,(H,13,15). The maximum Gasteiger partial charge on any atom is 0.358 e. The number of carbonyl (C=O) groups excluding carboxylic acids is 1. The van der Waals surface area contributed by atoms with E-state index in [9.17, 15) is 4.79 Å². The third-order valence-corrected chi connectivity index (χ3v) is 2.42. The zero-order valence-electron chi connectivity index (χ0n) is 11.0. The highest BCUT2D eigenvalue weighted by Gasteiger charge is 2.10. The quantitative estimate of drug-likeness (QED) is 0.742. The van der Waals surface area contributed by atoms with E-state index in [0.29, 0.717) is 12.4 Å². The summed E-state index contributed by atoms with van der Waals surface area (Å²) >= 11 is 0. The SMILES string of the molecule is CCCC(COC)Nc1ccc(C(=O)OC)nn1. The maximum absolute atomic E-state index is 11.2. The van der Waals surface area contributed by atoms with Crippen LogP contribution in [0, 0.1) is 0 Å². The number of hydrogen-bond donors (Lipinski definition) is 1. The second-order valence-electron chi connectivity index (χ2n) is 3.88. The number of esters is 1. The lowest BCUT2D eigenvalue weighted by atomic mass is 10.2. The molecule has 1 rings (SSSR count). The minimum Gasteiger partial charge on any atom is -0.464 e. The number of nitrogens with zero attached hydrogens (tertiary/aromatic N) is 2. The molecular weight excluding hydrogens is 234 g/mol. The van der Waals surface area contributed by atoms with Gasteiger partial charge in [0.05, 0.1) is 19.8 Å². The maximum atomic E-state index is 11.2. The molecular formula is C12H19N3O3. The molecule has 0 saturated carbocycles. The Labute approximate surface area is 107 Å². The van der Waals surface area contributed by atoms with Crippen molar-refractivity contribution in [2.24, 2.45) is 0 Å². The molecule has 0 aromatic carbocycles. The molecule has 0 aliphatic carbocycles. The Bertz CT molecular complexity index is 361. The number of anilines is 1. The van der Waals surface area contributed by atoms with Crippen LogP contribution in [0.1, 0.15) is 30.3 Å². The van der Waals surface area contributed by atoms with Crippen LogP contribution in [-0.4, -0.2) is 43.0 Å². The highest BCUT2D eigenvalue weighted by Crippen LogP contribution is 2.08. The molecule has 0 fully saturated rings. The number of aromatic nitrogens is 2. The van der Waals surface area contributed by atoms with E-state index in [1.54, 1.807) is 19.2 Å². The number of hydrogen-bond acceptors (Lipinski definition) is 6. The first-order chi connectivity index (χ1) is 8.71. The monoisotopic (exact) mass is 253 g/mol. The number of carbonyl (C=O) groups is 1. The van der Waals surface area contributed by atoms with Gasteiger partial charge >= 0.3 is 5.97 Å². The van der Waals surface area contributed by atoms with Gasteiger partial charge in [-0.1, -0.05) is 13.3 Å². The molecule has 0 saturated heterocycles. The predicted molar refractivity (Wildman–Crippen MR) is 67.6 cm³/mol. The molecule has 1 atom stereocenters. The predicted octanol–water partition coefficient (Wildman–Crippen LogP) is 1.49. The van der Waals surface area contributed by atoms with Crippen LogP contribution >= 0.6 is 0 Å². The van der Waals surface area contributed by atoms with Crippen LogP contribution in [0.2, 0.25) is 0 Å². The lowest BCUT2D eigenvalue weighted by Crippen LogP contribution is -2.25. The fraction of sp³-hybridized carbons (Fsp3) is 0.583. The van der Waals surface area contributed by atoms with Crippen LogP contribution < -0.4 is 5.32 Å². The average molecular weight is 253 g/mol. The summed E-state index contributed by atoms with van der Waals surface area (Å²) in [6.07, 6.45) is 2.03. The third-order valence-electron chi connectivity index (χ3n) is 2.42. The van der Waals surface area contributed by atoms with Crippen LogP contribution in [-0.2, 0) is 9.47 Å². The molecule has 100 valence electrons. The Hall–Kier alpha value is -1.69. The summed E-state index contributed by atoms with van der Waals surface area (Å²) < 4.78 is 9.68. The summed E-state index contributed by atoms with van der Waals surface area (Å²) in [4.78, 5) is 11.2. The number of methoxy groups -OCH3 is 2. The van der Waals surface area contributed by atoms with Gasteiger partial charge in [-0.3, -0.25) is 0 Å². The van der Waals surface area contributed by atoms with Gasteiger partial charge < -0.3 is 14.8 Å². The van der Waals surface area contributed by atoms with E-state index in [-0.39, 0.29) is 11.7 Å². The Morgan fingerprint density at radius 3 is 2.67 bits per heavy atom. The van der Waals surface area contributed by atoms with Gasteiger partial charge in [0, 0.05) is 7.11 Å². The Morgan fingerprint density at radius 1 is 1.39 bits per heavy atom. The van der Waals surface area contributed by atoms with Crippen molar-refractivity contribution in [3.63, 3.8) is 0 Å². The van der Waals surface area contributed by atoms with Crippen LogP contribution in [0.15, 0.2) is 12.1 Å². The molecule has 0 aliphatic rings. The zero-order chi connectivity index (χ0) is 13.4. The van der Waals surface area contributed by atoms with Gasteiger partial charge in [-0.15, -0.1) is 10.2 Å². The Balaban J connectivity index is 2.63. The van der Waals surface area contributed by atoms with Crippen molar-refractivity contribution >= 4 is 11.8 Å². The van der Waals surface area contributed by atoms with Gasteiger partial charge in [0.25, 0.3) is 0 Å². The Morgan fingerprint density at radius 2 is 2.17 bits per heavy atom. The molecule has 6 nitrogen and oxygen atoms in total. The minimum atomic E-state index is -0.490. The van der Waals surface area contributed by atoms with Crippen LogP contribution in [0.4, 0.5) is 5.82 Å². The summed E-state index contributed by atoms with van der Waals surface area (Å²) in [6.45, 7) is 2.71. The van der Waals surface area contributed by atoms with Crippen molar-refractivity contribution in [1.82, 2.24) is 10.2 Å². The second kappa shape index (κ2) is 7.60. The first kappa shape index (κ1) is 14.4. The van der Waals surface area contributed by atoms with E-state index >= 15 is 0 Å². The lowest BCUT2D eigenvalue weighted by Gasteiger charge is -2.17. The molecule has 1 unspecified atom stereocenters. The summed E-state index contributed by atoms with van der Waals surface area (Å²) in [6, 6.07) is 3.48. The molecule has 1 aromatic heterocycles. The molecule has 0 radical (unpaired) electrons. The van der Waals surface area contributed by atoms with Crippen molar-refractivity contribution in [3.05, 3.63) is 17.8 Å². The van der Waals surface area contributed by atoms with Crippen molar-refractivity contribution < 1.29 is 14.3 Å². The van der Waals surface area contributed by atoms with Crippen LogP contribution in [0.5, 0.6) is 0 Å². The highest BCUT2D eigenvalue weighted by atomic mass is 16.5. The summed E-state index contributed by atoms with van der Waals surface area (Å²) in [5.74, 6) is 0.134. The van der Waals surface area contributed by atoms with E-state index in [2.05, 4.69) is 27.2 Å². The van der Waals surface area contributed by atoms with E-state index in [0.717, 1.165) is 12.8 Å². The fourth-order valence-electron chi connectivity index (χ4n) is 1.58. The van der Waals surface area contributed by atoms with Gasteiger partial charge in [-0.25, -0.2) is 4.79 Å². The first-order valence-corrected chi connectivity index (χ1v) is 5.88. The second-order valence-corrected chi connectivity index (χ2v) is 3.88. The minimum absolute atomic E-state index is 0.193. The van der Waals surface area contributed by atoms with Gasteiger partial charge in [-0.2, -0.15) is 0 Å². The smallest absolute Gasteiger partial charge is 0.358 e. The largest absolute Gasteiger partial charge is 0.464 e. The van der Waals surface area contributed by atoms with Crippen molar-refractivity contribution in [3.8, 4) is 0 Å². The van der Waals surface area contributed by atoms with Crippen LogP contribution in [0.3, 0.4) is 0 Å². The number of rotatable bonds is 7. The van der Waals surface area contributed by atoms with E-state index in [4.69, 9.17) is 4.74 Å². The van der Waals surface area contributed by atoms with E-state index < -0.39 is 5.97 Å². The summed E-state index contributed by atoms with van der Waals surface area (Å²) in [5.41, 5.74) is 0.196. The molecule has 0 amide bonds. The normalized spacial score (nSPS) is 11.9. The number of ether oxygens (including phenoxy) is 2. The van der Waals surface area contributed by atoms with Crippen LogP contribution in [0.25, 0.3) is 0 Å². The van der Waals surface area contributed by atoms with Gasteiger partial charge in [0.2, 0.25) is 0 Å². The summed E-state index contributed by atoms with van der Waals surface area (Å²) in [5, 5.41) is 10.9.